The van der Waals surface area contributed by atoms with Crippen LogP contribution < -0.4 is 14.4 Å². The molecule has 0 aliphatic rings. The molecule has 0 saturated carbocycles. The number of amides is 2. The summed E-state index contributed by atoms with van der Waals surface area (Å²) in [5, 5.41) is 2.80. The molecule has 0 bridgehead atoms. The second-order valence-corrected chi connectivity index (χ2v) is 11.2. The molecule has 0 aromatic heterocycles. The van der Waals surface area contributed by atoms with E-state index in [0.717, 1.165) is 27.3 Å². The smallest absolute Gasteiger partial charge is 0.244 e. The Bertz CT molecular complexity index is 1340. The largest absolute Gasteiger partial charge is 0.489 e. The van der Waals surface area contributed by atoms with Gasteiger partial charge in [-0.15, -0.1) is 0 Å². The van der Waals surface area contributed by atoms with Gasteiger partial charge in [0.25, 0.3) is 0 Å². The Morgan fingerprint density at radius 1 is 0.923 bits per heavy atom. The van der Waals surface area contributed by atoms with Gasteiger partial charge in [-0.25, -0.2) is 8.42 Å². The number of rotatable bonds is 13. The average molecular weight is 552 g/mol. The molecule has 39 heavy (non-hydrogen) atoms. The Labute approximate surface area is 231 Å². The fourth-order valence-electron chi connectivity index (χ4n) is 4.25. The first-order chi connectivity index (χ1) is 18.6. The summed E-state index contributed by atoms with van der Waals surface area (Å²) >= 11 is 0. The number of carbonyl (C=O) groups is 2. The van der Waals surface area contributed by atoms with Gasteiger partial charge in [0, 0.05) is 13.1 Å². The molecule has 0 aliphatic carbocycles. The predicted molar refractivity (Wildman–Crippen MR) is 154 cm³/mol. The molecule has 3 aromatic rings. The van der Waals surface area contributed by atoms with Gasteiger partial charge >= 0.3 is 0 Å². The number of nitrogens with one attached hydrogen (secondary N) is 1. The van der Waals surface area contributed by atoms with Crippen LogP contribution in [0.4, 0.5) is 5.69 Å². The standard InChI is InChI=1S/C30H37N3O5S/c1-5-28(30(35)31-6-2)32(20-25-15-11-10-12-23(25)3)29(34)21-33(39(4,36)37)26-16-18-27(19-17-26)38-22-24-13-8-7-9-14-24/h7-19,28H,5-6,20-22H2,1-4H3,(H,31,35). The SMILES string of the molecule is CCNC(=O)C(CC)N(Cc1ccccc1C)C(=O)CN(c1ccc(OCc2ccccc2)cc1)S(C)(=O)=O. The van der Waals surface area contributed by atoms with E-state index in [1.165, 1.54) is 4.90 Å². The van der Waals surface area contributed by atoms with E-state index >= 15 is 0 Å². The highest BCUT2D eigenvalue weighted by molar-refractivity contribution is 7.92. The number of anilines is 1. The predicted octanol–water partition coefficient (Wildman–Crippen LogP) is 4.28. The number of hydrogen-bond acceptors (Lipinski definition) is 5. The van der Waals surface area contributed by atoms with Crippen LogP contribution >= 0.6 is 0 Å². The molecule has 1 N–H and O–H groups in total. The fourth-order valence-corrected chi connectivity index (χ4v) is 5.10. The van der Waals surface area contributed by atoms with Crippen LogP contribution in [0.15, 0.2) is 78.9 Å². The van der Waals surface area contributed by atoms with Gasteiger partial charge in [-0.2, -0.15) is 0 Å². The van der Waals surface area contributed by atoms with Crippen molar-refractivity contribution in [3.63, 3.8) is 0 Å². The van der Waals surface area contributed by atoms with Gasteiger partial charge in [0.15, 0.2) is 0 Å². The first-order valence-electron chi connectivity index (χ1n) is 13.0. The molecule has 0 saturated heterocycles. The zero-order chi connectivity index (χ0) is 28.4. The molecule has 0 spiro atoms. The number of likely N-dealkylation sites (N-methyl/N-ethyl adjacent to an activating group) is 1. The second-order valence-electron chi connectivity index (χ2n) is 9.30. The molecule has 208 valence electrons. The lowest BCUT2D eigenvalue weighted by atomic mass is 10.1. The Morgan fingerprint density at radius 3 is 2.15 bits per heavy atom. The first-order valence-corrected chi connectivity index (χ1v) is 14.8. The van der Waals surface area contributed by atoms with Gasteiger partial charge in [-0.3, -0.25) is 13.9 Å². The fraction of sp³-hybridized carbons (Fsp3) is 0.333. The third kappa shape index (κ3) is 8.32. The number of nitrogens with zero attached hydrogens (tertiary/aromatic N) is 2. The van der Waals surface area contributed by atoms with Gasteiger partial charge < -0.3 is 15.0 Å². The van der Waals surface area contributed by atoms with Crippen LogP contribution in [0.25, 0.3) is 0 Å². The van der Waals surface area contributed by atoms with Crippen molar-refractivity contribution in [3.8, 4) is 5.75 Å². The second kappa shape index (κ2) is 13.8. The molecule has 0 aliphatic heterocycles. The summed E-state index contributed by atoms with van der Waals surface area (Å²) in [4.78, 5) is 28.1. The summed E-state index contributed by atoms with van der Waals surface area (Å²) in [6.45, 7) is 6.14. The van der Waals surface area contributed by atoms with Crippen molar-refractivity contribution < 1.29 is 22.7 Å². The maximum Gasteiger partial charge on any atom is 0.244 e. The van der Waals surface area contributed by atoms with Gasteiger partial charge in [0.1, 0.15) is 24.9 Å². The first kappa shape index (κ1) is 29.7. The number of benzene rings is 3. The summed E-state index contributed by atoms with van der Waals surface area (Å²) < 4.78 is 32.5. The van der Waals surface area contributed by atoms with Gasteiger partial charge in [0.2, 0.25) is 21.8 Å². The van der Waals surface area contributed by atoms with E-state index in [0.29, 0.717) is 31.0 Å². The summed E-state index contributed by atoms with van der Waals surface area (Å²) in [5.74, 6) is -0.162. The van der Waals surface area contributed by atoms with Crippen LogP contribution in [0, 0.1) is 6.92 Å². The van der Waals surface area contributed by atoms with E-state index in [1.807, 2.05) is 75.4 Å². The van der Waals surface area contributed by atoms with E-state index in [-0.39, 0.29) is 12.5 Å². The third-order valence-corrected chi connectivity index (χ3v) is 7.53. The maximum atomic E-state index is 13.7. The normalized spacial score (nSPS) is 11.9. The lowest BCUT2D eigenvalue weighted by Gasteiger charge is -2.33. The van der Waals surface area contributed by atoms with Crippen LogP contribution in [-0.4, -0.2) is 50.5 Å². The van der Waals surface area contributed by atoms with Crippen molar-refractivity contribution in [2.24, 2.45) is 0 Å². The molecule has 0 radical (unpaired) electrons. The number of ether oxygens (including phenoxy) is 1. The van der Waals surface area contributed by atoms with Crippen molar-refractivity contribution in [1.29, 1.82) is 0 Å². The Morgan fingerprint density at radius 2 is 1.56 bits per heavy atom. The van der Waals surface area contributed by atoms with Gasteiger partial charge in [-0.1, -0.05) is 61.5 Å². The zero-order valence-corrected chi connectivity index (χ0v) is 23.8. The maximum absolute atomic E-state index is 13.7. The monoisotopic (exact) mass is 551 g/mol. The highest BCUT2D eigenvalue weighted by Crippen LogP contribution is 2.24. The highest BCUT2D eigenvalue weighted by Gasteiger charge is 2.31. The van der Waals surface area contributed by atoms with Crippen molar-refractivity contribution in [1.82, 2.24) is 10.2 Å². The minimum Gasteiger partial charge on any atom is -0.489 e. The molecule has 3 aromatic carbocycles. The van der Waals surface area contributed by atoms with E-state index in [4.69, 9.17) is 4.74 Å². The molecule has 1 atom stereocenters. The molecule has 1 unspecified atom stereocenters. The molecule has 9 heteroatoms. The molecule has 0 fully saturated rings. The minimum atomic E-state index is -3.81. The number of sulfonamides is 1. The van der Waals surface area contributed by atoms with Gasteiger partial charge in [0.05, 0.1) is 11.9 Å². The zero-order valence-electron chi connectivity index (χ0n) is 23.0. The molecule has 0 heterocycles. The lowest BCUT2D eigenvalue weighted by Crippen LogP contribution is -2.52. The van der Waals surface area contributed by atoms with Crippen molar-refractivity contribution in [3.05, 3.63) is 95.6 Å². The van der Waals surface area contributed by atoms with Crippen LogP contribution in [0.3, 0.4) is 0 Å². The van der Waals surface area contributed by atoms with E-state index in [2.05, 4.69) is 5.32 Å². The summed E-state index contributed by atoms with van der Waals surface area (Å²) in [7, 11) is -3.81. The molecule has 8 nitrogen and oxygen atoms in total. The summed E-state index contributed by atoms with van der Waals surface area (Å²) in [6.07, 6.45) is 1.45. The number of carbonyl (C=O) groups excluding carboxylic acids is 2. The number of aryl methyl sites for hydroxylation is 1. The van der Waals surface area contributed by atoms with E-state index in [9.17, 15) is 18.0 Å². The topological polar surface area (TPSA) is 96.0 Å². The third-order valence-electron chi connectivity index (χ3n) is 6.39. The van der Waals surface area contributed by atoms with Crippen LogP contribution in [0.5, 0.6) is 5.75 Å². The van der Waals surface area contributed by atoms with Crippen molar-refractivity contribution in [2.45, 2.75) is 46.4 Å². The molecule has 2 amide bonds. The average Bonchev–Trinajstić information content (AvgIpc) is 2.92. The quantitative estimate of drug-likeness (QED) is 0.342. The Hall–Kier alpha value is -3.85. The van der Waals surface area contributed by atoms with Crippen LogP contribution in [0.2, 0.25) is 0 Å². The highest BCUT2D eigenvalue weighted by atomic mass is 32.2. The molecular formula is C30H37N3O5S. The lowest BCUT2D eigenvalue weighted by molar-refractivity contribution is -0.140. The summed E-state index contributed by atoms with van der Waals surface area (Å²) in [6, 6.07) is 23.2. The molecule has 3 rings (SSSR count). The van der Waals surface area contributed by atoms with Crippen LogP contribution in [-0.2, 0) is 32.8 Å². The van der Waals surface area contributed by atoms with E-state index < -0.39 is 28.5 Å². The van der Waals surface area contributed by atoms with Crippen LogP contribution in [0.1, 0.15) is 37.0 Å². The van der Waals surface area contributed by atoms with Crippen molar-refractivity contribution in [2.75, 3.05) is 23.7 Å². The van der Waals surface area contributed by atoms with Gasteiger partial charge in [-0.05, 0) is 61.2 Å². The Kier molecular flexibility index (Phi) is 10.5. The summed E-state index contributed by atoms with van der Waals surface area (Å²) in [5.41, 5.74) is 3.21. The van der Waals surface area contributed by atoms with E-state index in [1.54, 1.807) is 24.3 Å². The van der Waals surface area contributed by atoms with Crippen molar-refractivity contribution >= 4 is 27.5 Å². The number of hydrogen-bond donors (Lipinski definition) is 1. The molecular weight excluding hydrogens is 514 g/mol. The minimum absolute atomic E-state index is 0.186. The Balaban J connectivity index is 1.85.